The molecule has 1 amide bonds. The van der Waals surface area contributed by atoms with E-state index < -0.39 is 12.0 Å². The molecule has 98 valence electrons. The summed E-state index contributed by atoms with van der Waals surface area (Å²) in [4.78, 5) is 22.5. The SMILES string of the molecule is CCC[C@@H](NC(=O)Cc1ccc(F)cc1)C(=O)O. The third-order valence-electron chi connectivity index (χ3n) is 2.49. The van der Waals surface area contributed by atoms with Crippen LogP contribution in [0.1, 0.15) is 25.3 Å². The topological polar surface area (TPSA) is 66.4 Å². The molecule has 0 spiro atoms. The molecule has 5 heteroatoms. The van der Waals surface area contributed by atoms with Gasteiger partial charge < -0.3 is 10.4 Å². The molecule has 0 saturated carbocycles. The van der Waals surface area contributed by atoms with Crippen molar-refractivity contribution < 1.29 is 19.1 Å². The molecule has 0 fully saturated rings. The van der Waals surface area contributed by atoms with Gasteiger partial charge in [-0.3, -0.25) is 4.79 Å². The summed E-state index contributed by atoms with van der Waals surface area (Å²) in [7, 11) is 0. The number of nitrogens with one attached hydrogen (secondary N) is 1. The largest absolute Gasteiger partial charge is 0.480 e. The van der Waals surface area contributed by atoms with E-state index in [4.69, 9.17) is 5.11 Å². The maximum Gasteiger partial charge on any atom is 0.326 e. The highest BCUT2D eigenvalue weighted by atomic mass is 19.1. The van der Waals surface area contributed by atoms with Gasteiger partial charge in [0.1, 0.15) is 11.9 Å². The number of halogens is 1. The van der Waals surface area contributed by atoms with E-state index in [1.165, 1.54) is 24.3 Å². The Kier molecular flexibility index (Phi) is 5.30. The molecule has 2 N–H and O–H groups in total. The monoisotopic (exact) mass is 253 g/mol. The summed E-state index contributed by atoms with van der Waals surface area (Å²) in [6.07, 6.45) is 1.12. The number of amides is 1. The molecule has 18 heavy (non-hydrogen) atoms. The third-order valence-corrected chi connectivity index (χ3v) is 2.49. The van der Waals surface area contributed by atoms with Crippen molar-refractivity contribution in [3.05, 3.63) is 35.6 Å². The van der Waals surface area contributed by atoms with Gasteiger partial charge in [0.15, 0.2) is 0 Å². The van der Waals surface area contributed by atoms with Crippen LogP contribution >= 0.6 is 0 Å². The van der Waals surface area contributed by atoms with E-state index in [0.717, 1.165) is 0 Å². The van der Waals surface area contributed by atoms with Crippen LogP contribution in [0.25, 0.3) is 0 Å². The zero-order chi connectivity index (χ0) is 13.5. The predicted octanol–water partition coefficient (Wildman–Crippen LogP) is 1.74. The summed E-state index contributed by atoms with van der Waals surface area (Å²) < 4.78 is 12.7. The van der Waals surface area contributed by atoms with Gasteiger partial charge in [-0.1, -0.05) is 25.5 Å². The number of aliphatic carboxylic acids is 1. The van der Waals surface area contributed by atoms with Gasteiger partial charge in [-0.2, -0.15) is 0 Å². The Hall–Kier alpha value is -1.91. The van der Waals surface area contributed by atoms with E-state index in [2.05, 4.69) is 5.32 Å². The molecule has 0 saturated heterocycles. The normalized spacial score (nSPS) is 11.9. The van der Waals surface area contributed by atoms with Crippen LogP contribution in [-0.4, -0.2) is 23.0 Å². The van der Waals surface area contributed by atoms with E-state index in [1.807, 2.05) is 6.92 Å². The Bertz CT molecular complexity index is 417. The van der Waals surface area contributed by atoms with Crippen LogP contribution in [0.2, 0.25) is 0 Å². The summed E-state index contributed by atoms with van der Waals surface area (Å²) in [6, 6.07) is 4.68. The molecule has 0 aliphatic carbocycles. The first-order valence-corrected chi connectivity index (χ1v) is 5.79. The zero-order valence-electron chi connectivity index (χ0n) is 10.1. The molecular weight excluding hydrogens is 237 g/mol. The molecule has 4 nitrogen and oxygen atoms in total. The molecule has 1 aromatic rings. The fourth-order valence-electron chi connectivity index (χ4n) is 1.58. The summed E-state index contributed by atoms with van der Waals surface area (Å²) >= 11 is 0. The number of carbonyl (C=O) groups is 2. The summed E-state index contributed by atoms with van der Waals surface area (Å²) in [5.41, 5.74) is 0.648. The molecule has 0 aromatic heterocycles. The lowest BCUT2D eigenvalue weighted by Crippen LogP contribution is -2.41. The average Bonchev–Trinajstić information content (AvgIpc) is 2.31. The van der Waals surface area contributed by atoms with Gasteiger partial charge in [-0.15, -0.1) is 0 Å². The Morgan fingerprint density at radius 3 is 2.44 bits per heavy atom. The molecule has 1 rings (SSSR count). The van der Waals surface area contributed by atoms with Gasteiger partial charge in [0.2, 0.25) is 5.91 Å². The summed E-state index contributed by atoms with van der Waals surface area (Å²) in [5.74, 6) is -1.78. The van der Waals surface area contributed by atoms with Crippen molar-refractivity contribution in [1.29, 1.82) is 0 Å². The first-order chi connectivity index (χ1) is 8.52. The Balaban J connectivity index is 2.54. The second-order valence-electron chi connectivity index (χ2n) is 4.05. The van der Waals surface area contributed by atoms with E-state index in [1.54, 1.807) is 0 Å². The molecule has 1 aromatic carbocycles. The van der Waals surface area contributed by atoms with Crippen LogP contribution in [0.3, 0.4) is 0 Å². The average molecular weight is 253 g/mol. The van der Waals surface area contributed by atoms with Crippen molar-refractivity contribution in [2.24, 2.45) is 0 Å². The second kappa shape index (κ2) is 6.74. The van der Waals surface area contributed by atoms with Crippen LogP contribution in [0.4, 0.5) is 4.39 Å². The van der Waals surface area contributed by atoms with Crippen molar-refractivity contribution in [3.8, 4) is 0 Å². The van der Waals surface area contributed by atoms with E-state index in [0.29, 0.717) is 18.4 Å². The highest BCUT2D eigenvalue weighted by Crippen LogP contribution is 2.04. The predicted molar refractivity (Wildman–Crippen MR) is 64.6 cm³/mol. The smallest absolute Gasteiger partial charge is 0.326 e. The first kappa shape index (κ1) is 14.2. The quantitative estimate of drug-likeness (QED) is 0.811. The minimum Gasteiger partial charge on any atom is -0.480 e. The van der Waals surface area contributed by atoms with Crippen molar-refractivity contribution in [1.82, 2.24) is 5.32 Å². The molecule has 0 aliphatic rings. The second-order valence-corrected chi connectivity index (χ2v) is 4.05. The van der Waals surface area contributed by atoms with Crippen molar-refractivity contribution >= 4 is 11.9 Å². The molecule has 0 unspecified atom stereocenters. The molecule has 0 radical (unpaired) electrons. The number of hydrogen-bond donors (Lipinski definition) is 2. The number of carbonyl (C=O) groups excluding carboxylic acids is 1. The minimum absolute atomic E-state index is 0.0494. The minimum atomic E-state index is -1.04. The van der Waals surface area contributed by atoms with Gasteiger partial charge in [0.05, 0.1) is 6.42 Å². The third kappa shape index (κ3) is 4.53. The van der Waals surface area contributed by atoms with E-state index in [-0.39, 0.29) is 18.1 Å². The molecule has 0 heterocycles. The maximum absolute atomic E-state index is 12.7. The Morgan fingerprint density at radius 2 is 1.94 bits per heavy atom. The Labute approximate surface area is 105 Å². The first-order valence-electron chi connectivity index (χ1n) is 5.79. The van der Waals surface area contributed by atoms with Crippen LogP contribution in [0, 0.1) is 5.82 Å². The number of rotatable bonds is 6. The standard InChI is InChI=1S/C13H16FNO3/c1-2-3-11(13(17)18)15-12(16)8-9-4-6-10(14)7-5-9/h4-7,11H,2-3,8H2,1H3,(H,15,16)(H,17,18)/t11-/m1/s1. The molecule has 1 atom stereocenters. The van der Waals surface area contributed by atoms with E-state index in [9.17, 15) is 14.0 Å². The molecular formula is C13H16FNO3. The zero-order valence-corrected chi connectivity index (χ0v) is 10.1. The lowest BCUT2D eigenvalue weighted by atomic mass is 10.1. The van der Waals surface area contributed by atoms with Gasteiger partial charge in [-0.05, 0) is 24.1 Å². The van der Waals surface area contributed by atoms with Gasteiger partial charge >= 0.3 is 5.97 Å². The van der Waals surface area contributed by atoms with Gasteiger partial charge in [0, 0.05) is 0 Å². The van der Waals surface area contributed by atoms with Crippen LogP contribution in [-0.2, 0) is 16.0 Å². The number of hydrogen-bond acceptors (Lipinski definition) is 2. The van der Waals surface area contributed by atoms with Crippen molar-refractivity contribution in [2.75, 3.05) is 0 Å². The van der Waals surface area contributed by atoms with Crippen molar-refractivity contribution in [3.63, 3.8) is 0 Å². The van der Waals surface area contributed by atoms with Crippen LogP contribution in [0.15, 0.2) is 24.3 Å². The summed E-state index contributed by atoms with van der Waals surface area (Å²) in [6.45, 7) is 1.85. The highest BCUT2D eigenvalue weighted by molar-refractivity contribution is 5.84. The number of carboxylic acid groups (broad SMARTS) is 1. The van der Waals surface area contributed by atoms with Crippen molar-refractivity contribution in [2.45, 2.75) is 32.2 Å². The lowest BCUT2D eigenvalue weighted by molar-refractivity contribution is -0.141. The van der Waals surface area contributed by atoms with E-state index >= 15 is 0 Å². The molecule has 0 bridgehead atoms. The molecule has 0 aliphatic heterocycles. The number of benzene rings is 1. The van der Waals surface area contributed by atoms with Crippen LogP contribution < -0.4 is 5.32 Å². The Morgan fingerprint density at radius 1 is 1.33 bits per heavy atom. The number of carboxylic acids is 1. The fraction of sp³-hybridized carbons (Fsp3) is 0.385. The lowest BCUT2D eigenvalue weighted by Gasteiger charge is -2.13. The highest BCUT2D eigenvalue weighted by Gasteiger charge is 2.18. The fourth-order valence-corrected chi connectivity index (χ4v) is 1.58. The maximum atomic E-state index is 12.7. The van der Waals surface area contributed by atoms with Gasteiger partial charge in [0.25, 0.3) is 0 Å². The summed E-state index contributed by atoms with van der Waals surface area (Å²) in [5, 5.41) is 11.3. The van der Waals surface area contributed by atoms with Gasteiger partial charge in [-0.25, -0.2) is 9.18 Å². The van der Waals surface area contributed by atoms with Crippen LogP contribution in [0.5, 0.6) is 0 Å².